The van der Waals surface area contributed by atoms with Gasteiger partial charge in [0.2, 0.25) is 5.91 Å². The molecule has 4 nitrogen and oxygen atoms in total. The Hall–Kier alpha value is -0.610. The van der Waals surface area contributed by atoms with Gasteiger partial charge in [-0.15, -0.1) is 0 Å². The first kappa shape index (κ1) is 12.4. The minimum Gasteiger partial charge on any atom is -0.393 e. The molecule has 0 saturated carbocycles. The summed E-state index contributed by atoms with van der Waals surface area (Å²) in [6, 6.07) is -0.397. The molecule has 0 heterocycles. The fraction of sp³-hybridized carbons (Fsp3) is 0.889. The van der Waals surface area contributed by atoms with Crippen LogP contribution in [0.5, 0.6) is 0 Å². The molecule has 0 aliphatic rings. The number of hydrogen-bond donors (Lipinski definition) is 3. The van der Waals surface area contributed by atoms with Crippen molar-refractivity contribution in [3.63, 3.8) is 0 Å². The zero-order valence-electron chi connectivity index (χ0n) is 8.42. The quantitative estimate of drug-likeness (QED) is 0.514. The van der Waals surface area contributed by atoms with Crippen LogP contribution in [0.4, 0.5) is 0 Å². The highest BCUT2D eigenvalue weighted by molar-refractivity contribution is 5.81. The van der Waals surface area contributed by atoms with Gasteiger partial charge in [-0.2, -0.15) is 0 Å². The Balaban J connectivity index is 3.37. The first-order valence-electron chi connectivity index (χ1n) is 4.79. The number of amides is 1. The van der Waals surface area contributed by atoms with Crippen LogP contribution in [0.15, 0.2) is 0 Å². The van der Waals surface area contributed by atoms with Crippen molar-refractivity contribution < 1.29 is 9.90 Å². The van der Waals surface area contributed by atoms with E-state index < -0.39 is 6.04 Å². The van der Waals surface area contributed by atoms with Crippen molar-refractivity contribution in [1.29, 1.82) is 0 Å². The van der Waals surface area contributed by atoms with Gasteiger partial charge < -0.3 is 16.2 Å². The summed E-state index contributed by atoms with van der Waals surface area (Å²) < 4.78 is 0. The predicted molar refractivity (Wildman–Crippen MR) is 52.2 cm³/mol. The van der Waals surface area contributed by atoms with Crippen LogP contribution < -0.4 is 11.1 Å². The summed E-state index contributed by atoms with van der Waals surface area (Å²) in [5.74, 6) is -0.104. The molecule has 0 radical (unpaired) electrons. The van der Waals surface area contributed by atoms with Crippen molar-refractivity contribution in [3.05, 3.63) is 0 Å². The van der Waals surface area contributed by atoms with Crippen LogP contribution in [0.25, 0.3) is 0 Å². The fourth-order valence-electron chi connectivity index (χ4n) is 0.926. The Morgan fingerprint density at radius 2 is 2.23 bits per heavy atom. The molecule has 0 aromatic heterocycles. The van der Waals surface area contributed by atoms with Gasteiger partial charge in [0.15, 0.2) is 0 Å². The molecule has 0 aliphatic heterocycles. The summed E-state index contributed by atoms with van der Waals surface area (Å²) in [5, 5.41) is 11.6. The average Bonchev–Trinajstić information content (AvgIpc) is 2.10. The van der Waals surface area contributed by atoms with Crippen molar-refractivity contribution in [1.82, 2.24) is 5.32 Å². The van der Waals surface area contributed by atoms with E-state index in [1.807, 2.05) is 6.92 Å². The monoisotopic (exact) mass is 188 g/mol. The molecule has 0 fully saturated rings. The van der Waals surface area contributed by atoms with Crippen molar-refractivity contribution in [3.8, 4) is 0 Å². The third-order valence-electron chi connectivity index (χ3n) is 1.87. The highest BCUT2D eigenvalue weighted by Crippen LogP contribution is 1.94. The van der Waals surface area contributed by atoms with Gasteiger partial charge >= 0.3 is 0 Å². The molecule has 2 atom stereocenters. The first-order chi connectivity index (χ1) is 6.07. The molecule has 0 bridgehead atoms. The van der Waals surface area contributed by atoms with Gasteiger partial charge in [0.05, 0.1) is 12.1 Å². The lowest BCUT2D eigenvalue weighted by Gasteiger charge is -2.10. The molecule has 0 aromatic rings. The summed E-state index contributed by atoms with van der Waals surface area (Å²) in [4.78, 5) is 11.1. The maximum absolute atomic E-state index is 11.1. The molecule has 0 rings (SSSR count). The molecule has 4 heteroatoms. The van der Waals surface area contributed by atoms with Crippen molar-refractivity contribution >= 4 is 5.91 Å². The van der Waals surface area contributed by atoms with Gasteiger partial charge in [0.25, 0.3) is 0 Å². The summed E-state index contributed by atoms with van der Waals surface area (Å²) in [7, 11) is 0. The molecule has 1 unspecified atom stereocenters. The minimum absolute atomic E-state index is 0.104. The Labute approximate surface area is 79.5 Å². The van der Waals surface area contributed by atoms with Crippen LogP contribution in [0.1, 0.15) is 33.1 Å². The fourth-order valence-corrected chi connectivity index (χ4v) is 0.926. The van der Waals surface area contributed by atoms with E-state index in [9.17, 15) is 4.79 Å². The second kappa shape index (κ2) is 6.86. The number of carbonyl (C=O) groups is 1. The van der Waals surface area contributed by atoms with Gasteiger partial charge in [-0.25, -0.2) is 0 Å². The molecule has 1 amide bonds. The van der Waals surface area contributed by atoms with Crippen molar-refractivity contribution in [2.24, 2.45) is 5.73 Å². The molecular formula is C9H20N2O2. The third-order valence-corrected chi connectivity index (χ3v) is 1.87. The number of nitrogens with two attached hydrogens (primary N) is 1. The van der Waals surface area contributed by atoms with Gasteiger partial charge in [-0.1, -0.05) is 6.92 Å². The first-order valence-corrected chi connectivity index (χ1v) is 4.79. The molecule has 4 N–H and O–H groups in total. The van der Waals surface area contributed by atoms with Crippen LogP contribution in [0.2, 0.25) is 0 Å². The van der Waals surface area contributed by atoms with E-state index in [1.165, 1.54) is 0 Å². The number of aliphatic hydroxyl groups is 1. The smallest absolute Gasteiger partial charge is 0.236 e. The van der Waals surface area contributed by atoms with E-state index in [0.717, 1.165) is 6.42 Å². The SMILES string of the molecule is CC[C@@H](N)C(=O)NCCCC(C)O. The van der Waals surface area contributed by atoms with Crippen molar-refractivity contribution in [2.45, 2.75) is 45.3 Å². The average molecular weight is 188 g/mol. The van der Waals surface area contributed by atoms with Gasteiger partial charge in [-0.3, -0.25) is 4.79 Å². The van der Waals surface area contributed by atoms with Crippen LogP contribution >= 0.6 is 0 Å². The molecule has 0 aromatic carbocycles. The van der Waals surface area contributed by atoms with Gasteiger partial charge in [0.1, 0.15) is 0 Å². The van der Waals surface area contributed by atoms with E-state index >= 15 is 0 Å². The Morgan fingerprint density at radius 3 is 2.69 bits per heavy atom. The largest absolute Gasteiger partial charge is 0.393 e. The van der Waals surface area contributed by atoms with Crippen LogP contribution in [0, 0.1) is 0 Å². The van der Waals surface area contributed by atoms with Crippen LogP contribution in [0.3, 0.4) is 0 Å². The topological polar surface area (TPSA) is 75.4 Å². The second-order valence-corrected chi connectivity index (χ2v) is 3.30. The molecular weight excluding hydrogens is 168 g/mol. The molecule has 0 saturated heterocycles. The maximum atomic E-state index is 11.1. The van der Waals surface area contributed by atoms with Gasteiger partial charge in [-0.05, 0) is 26.2 Å². The lowest BCUT2D eigenvalue weighted by atomic mass is 10.2. The molecule has 78 valence electrons. The normalized spacial score (nSPS) is 15.1. The predicted octanol–water partition coefficient (Wildman–Crippen LogP) is 0.000900. The lowest BCUT2D eigenvalue weighted by molar-refractivity contribution is -0.122. The zero-order chi connectivity index (χ0) is 10.3. The Morgan fingerprint density at radius 1 is 1.62 bits per heavy atom. The van der Waals surface area contributed by atoms with E-state index in [-0.39, 0.29) is 12.0 Å². The highest BCUT2D eigenvalue weighted by atomic mass is 16.3. The minimum atomic E-state index is -0.397. The number of carbonyl (C=O) groups excluding carboxylic acids is 1. The Kier molecular flexibility index (Phi) is 6.54. The van der Waals surface area contributed by atoms with E-state index in [2.05, 4.69) is 5.32 Å². The number of rotatable bonds is 6. The van der Waals surface area contributed by atoms with Crippen LogP contribution in [-0.2, 0) is 4.79 Å². The Bertz CT molecular complexity index is 149. The lowest BCUT2D eigenvalue weighted by Crippen LogP contribution is -2.40. The maximum Gasteiger partial charge on any atom is 0.236 e. The van der Waals surface area contributed by atoms with E-state index in [1.54, 1.807) is 6.92 Å². The van der Waals surface area contributed by atoms with E-state index in [0.29, 0.717) is 19.4 Å². The highest BCUT2D eigenvalue weighted by Gasteiger charge is 2.09. The zero-order valence-corrected chi connectivity index (χ0v) is 8.42. The summed E-state index contributed by atoms with van der Waals surface area (Å²) in [6.07, 6.45) is 1.86. The van der Waals surface area contributed by atoms with Gasteiger partial charge in [0, 0.05) is 6.54 Å². The molecule has 0 spiro atoms. The summed E-state index contributed by atoms with van der Waals surface area (Å²) in [5.41, 5.74) is 5.50. The summed E-state index contributed by atoms with van der Waals surface area (Å²) >= 11 is 0. The molecule has 0 aliphatic carbocycles. The van der Waals surface area contributed by atoms with E-state index in [4.69, 9.17) is 10.8 Å². The second-order valence-electron chi connectivity index (χ2n) is 3.30. The molecule has 13 heavy (non-hydrogen) atoms. The van der Waals surface area contributed by atoms with Crippen molar-refractivity contribution in [2.75, 3.05) is 6.54 Å². The number of aliphatic hydroxyl groups excluding tert-OH is 1. The number of hydrogen-bond acceptors (Lipinski definition) is 3. The third kappa shape index (κ3) is 6.54. The summed E-state index contributed by atoms with van der Waals surface area (Å²) in [6.45, 7) is 4.21. The van der Waals surface area contributed by atoms with Crippen LogP contribution in [-0.4, -0.2) is 29.7 Å². The standard InChI is InChI=1S/C9H20N2O2/c1-3-8(10)9(13)11-6-4-5-7(2)12/h7-8,12H,3-6,10H2,1-2H3,(H,11,13)/t7?,8-/m1/s1. The number of nitrogens with one attached hydrogen (secondary N) is 1.